The molecule has 4 nitrogen and oxygen atoms in total. The van der Waals surface area contributed by atoms with Gasteiger partial charge >= 0.3 is 6.03 Å². The highest BCUT2D eigenvalue weighted by Gasteiger charge is 2.33. The van der Waals surface area contributed by atoms with Crippen molar-refractivity contribution in [3.63, 3.8) is 0 Å². The van der Waals surface area contributed by atoms with Crippen molar-refractivity contribution in [2.45, 2.75) is 38.8 Å². The van der Waals surface area contributed by atoms with Crippen LogP contribution in [-0.2, 0) is 0 Å². The predicted octanol–water partition coefficient (Wildman–Crippen LogP) is 1.47. The first-order valence-electron chi connectivity index (χ1n) is 5.92. The van der Waals surface area contributed by atoms with Crippen LogP contribution in [0.15, 0.2) is 0 Å². The Hall–Kier alpha value is -0.770. The molecule has 1 rings (SSSR count). The Bertz CT molecular complexity index is 257. The van der Waals surface area contributed by atoms with Crippen LogP contribution >= 0.6 is 0 Å². The Labute approximate surface area is 99.2 Å². The van der Waals surface area contributed by atoms with Crippen molar-refractivity contribution in [2.24, 2.45) is 0 Å². The number of carbonyl (C=O) groups is 1. The quantitative estimate of drug-likeness (QED) is 0.678. The molecule has 0 saturated carbocycles. The van der Waals surface area contributed by atoms with E-state index in [4.69, 9.17) is 0 Å². The molecule has 0 aliphatic carbocycles. The van der Waals surface area contributed by atoms with Gasteiger partial charge in [0.1, 0.15) is 0 Å². The minimum absolute atomic E-state index is 0.0979. The summed E-state index contributed by atoms with van der Waals surface area (Å²) in [6.45, 7) is 8.74. The van der Waals surface area contributed by atoms with Crippen LogP contribution in [0.4, 0.5) is 4.79 Å². The van der Waals surface area contributed by atoms with Gasteiger partial charge in [-0.2, -0.15) is 0 Å². The van der Waals surface area contributed by atoms with Crippen LogP contribution in [0.25, 0.3) is 0 Å². The number of hydrogen-bond donors (Lipinski definition) is 0. The van der Waals surface area contributed by atoms with Gasteiger partial charge in [-0.3, -0.25) is 4.90 Å². The summed E-state index contributed by atoms with van der Waals surface area (Å²) in [7, 11) is 5.50. The second kappa shape index (κ2) is 4.62. The van der Waals surface area contributed by atoms with Crippen molar-refractivity contribution in [3.8, 4) is 0 Å². The van der Waals surface area contributed by atoms with E-state index in [-0.39, 0.29) is 11.6 Å². The lowest BCUT2D eigenvalue weighted by Gasteiger charge is -2.33. The van der Waals surface area contributed by atoms with Crippen LogP contribution in [0.3, 0.4) is 0 Å². The maximum Gasteiger partial charge on any atom is 0.319 e. The van der Waals surface area contributed by atoms with Gasteiger partial charge in [-0.05, 0) is 27.2 Å². The monoisotopic (exact) mass is 227 g/mol. The zero-order valence-electron chi connectivity index (χ0n) is 11.4. The standard InChI is InChI=1S/C12H25N3O/c1-12(2,3)15-8-7-10(9-15)14(6)11(16)13(4)5/h10H,7-9H2,1-6H3. The van der Waals surface area contributed by atoms with Gasteiger partial charge in [-0.15, -0.1) is 0 Å². The van der Waals surface area contributed by atoms with Crippen LogP contribution in [0, 0.1) is 0 Å². The van der Waals surface area contributed by atoms with Crippen molar-refractivity contribution >= 4 is 6.03 Å². The van der Waals surface area contributed by atoms with E-state index in [1.54, 1.807) is 19.0 Å². The SMILES string of the molecule is CN(C)C(=O)N(C)C1CCN(C(C)(C)C)C1. The third kappa shape index (κ3) is 2.88. The lowest BCUT2D eigenvalue weighted by Crippen LogP contribution is -2.46. The molecule has 1 heterocycles. The van der Waals surface area contributed by atoms with Crippen molar-refractivity contribution in [3.05, 3.63) is 0 Å². The van der Waals surface area contributed by atoms with Gasteiger partial charge in [0.05, 0.1) is 0 Å². The normalized spacial score (nSPS) is 22.2. The van der Waals surface area contributed by atoms with Crippen molar-refractivity contribution in [2.75, 3.05) is 34.2 Å². The molecule has 1 aliphatic heterocycles. The molecule has 0 spiro atoms. The minimum atomic E-state index is 0.0979. The smallest absolute Gasteiger partial charge is 0.319 e. The Balaban J connectivity index is 2.57. The molecule has 1 unspecified atom stereocenters. The van der Waals surface area contributed by atoms with Crippen LogP contribution in [0.1, 0.15) is 27.2 Å². The van der Waals surface area contributed by atoms with E-state index in [1.807, 2.05) is 11.9 Å². The van der Waals surface area contributed by atoms with E-state index in [0.29, 0.717) is 6.04 Å². The van der Waals surface area contributed by atoms with Crippen LogP contribution < -0.4 is 0 Å². The molecule has 94 valence electrons. The summed E-state index contributed by atoms with van der Waals surface area (Å²) in [6, 6.07) is 0.454. The number of likely N-dealkylation sites (N-methyl/N-ethyl adjacent to an activating group) is 1. The summed E-state index contributed by atoms with van der Waals surface area (Å²) in [5.41, 5.74) is 0.205. The third-order valence-electron chi connectivity index (χ3n) is 3.34. The molecule has 1 saturated heterocycles. The number of hydrogen-bond acceptors (Lipinski definition) is 2. The fourth-order valence-electron chi connectivity index (χ4n) is 2.14. The summed E-state index contributed by atoms with van der Waals surface area (Å²) in [5, 5.41) is 0. The second-order valence-corrected chi connectivity index (χ2v) is 5.85. The number of nitrogens with zero attached hydrogens (tertiary/aromatic N) is 3. The van der Waals surface area contributed by atoms with Gasteiger partial charge in [-0.25, -0.2) is 4.79 Å². The lowest BCUT2D eigenvalue weighted by molar-refractivity contribution is 0.143. The molecule has 1 atom stereocenters. The Morgan fingerprint density at radius 3 is 2.19 bits per heavy atom. The first-order chi connectivity index (χ1) is 7.23. The van der Waals surface area contributed by atoms with Crippen LogP contribution in [0.5, 0.6) is 0 Å². The number of amides is 2. The molecule has 0 aromatic heterocycles. The van der Waals surface area contributed by atoms with Crippen LogP contribution in [-0.4, -0.2) is 66.5 Å². The molecular weight excluding hydrogens is 202 g/mol. The summed E-state index contributed by atoms with van der Waals surface area (Å²) in [5.74, 6) is 0. The zero-order valence-corrected chi connectivity index (χ0v) is 11.4. The van der Waals surface area contributed by atoms with Crippen LogP contribution in [0.2, 0.25) is 0 Å². The molecule has 0 aromatic rings. The predicted molar refractivity (Wildman–Crippen MR) is 66.6 cm³/mol. The molecule has 16 heavy (non-hydrogen) atoms. The average Bonchev–Trinajstić information content (AvgIpc) is 2.63. The van der Waals surface area contributed by atoms with E-state index in [1.165, 1.54) is 0 Å². The Kier molecular flexibility index (Phi) is 3.84. The van der Waals surface area contributed by atoms with E-state index >= 15 is 0 Å². The highest BCUT2D eigenvalue weighted by Crippen LogP contribution is 2.23. The number of likely N-dealkylation sites (tertiary alicyclic amines) is 1. The lowest BCUT2D eigenvalue weighted by atomic mass is 10.1. The molecule has 1 fully saturated rings. The van der Waals surface area contributed by atoms with Crippen molar-refractivity contribution in [1.82, 2.24) is 14.7 Å². The molecule has 2 amide bonds. The van der Waals surface area contributed by atoms with Crippen molar-refractivity contribution < 1.29 is 4.79 Å². The van der Waals surface area contributed by atoms with Gasteiger partial charge in [0.15, 0.2) is 0 Å². The van der Waals surface area contributed by atoms with Gasteiger partial charge in [0.25, 0.3) is 0 Å². The largest absolute Gasteiger partial charge is 0.331 e. The molecule has 0 N–H and O–H groups in total. The number of carbonyl (C=O) groups excluding carboxylic acids is 1. The van der Waals surface area contributed by atoms with Crippen molar-refractivity contribution in [1.29, 1.82) is 0 Å². The Morgan fingerprint density at radius 1 is 1.25 bits per heavy atom. The molecule has 1 aliphatic rings. The van der Waals surface area contributed by atoms with E-state index < -0.39 is 0 Å². The first-order valence-corrected chi connectivity index (χ1v) is 5.92. The highest BCUT2D eigenvalue weighted by molar-refractivity contribution is 5.73. The first kappa shape index (κ1) is 13.3. The summed E-state index contributed by atoms with van der Waals surface area (Å²) in [6.07, 6.45) is 1.08. The molecule has 0 aromatic carbocycles. The molecule has 0 radical (unpaired) electrons. The zero-order chi connectivity index (χ0) is 12.5. The molecular formula is C12H25N3O. The molecule has 0 bridgehead atoms. The van der Waals surface area contributed by atoms with Gasteiger partial charge in [-0.1, -0.05) is 0 Å². The number of urea groups is 1. The molecule has 4 heteroatoms. The summed E-state index contributed by atoms with van der Waals surface area (Å²) >= 11 is 0. The summed E-state index contributed by atoms with van der Waals surface area (Å²) < 4.78 is 0. The maximum atomic E-state index is 11.8. The third-order valence-corrected chi connectivity index (χ3v) is 3.34. The fourth-order valence-corrected chi connectivity index (χ4v) is 2.14. The average molecular weight is 227 g/mol. The van der Waals surface area contributed by atoms with Gasteiger partial charge < -0.3 is 9.80 Å². The number of rotatable bonds is 1. The van der Waals surface area contributed by atoms with E-state index in [2.05, 4.69) is 25.7 Å². The van der Waals surface area contributed by atoms with E-state index in [0.717, 1.165) is 19.5 Å². The fraction of sp³-hybridized carbons (Fsp3) is 0.917. The maximum absolute atomic E-state index is 11.8. The minimum Gasteiger partial charge on any atom is -0.331 e. The summed E-state index contributed by atoms with van der Waals surface area (Å²) in [4.78, 5) is 17.8. The topological polar surface area (TPSA) is 26.8 Å². The highest BCUT2D eigenvalue weighted by atomic mass is 16.2. The Morgan fingerprint density at radius 2 is 1.81 bits per heavy atom. The van der Waals surface area contributed by atoms with Gasteiger partial charge in [0.2, 0.25) is 0 Å². The van der Waals surface area contributed by atoms with Gasteiger partial charge in [0, 0.05) is 45.8 Å². The van der Waals surface area contributed by atoms with E-state index in [9.17, 15) is 4.79 Å². The second-order valence-electron chi connectivity index (χ2n) is 5.85.